The third kappa shape index (κ3) is 6.33. The number of nitrogens with one attached hydrogen (secondary N) is 1. The van der Waals surface area contributed by atoms with Crippen LogP contribution in [0.4, 0.5) is 0 Å². The van der Waals surface area contributed by atoms with Crippen molar-refractivity contribution < 1.29 is 19.5 Å². The summed E-state index contributed by atoms with van der Waals surface area (Å²) in [6.45, 7) is 10.1. The van der Waals surface area contributed by atoms with Gasteiger partial charge in [-0.15, -0.1) is 0 Å². The molecule has 7 nitrogen and oxygen atoms in total. The van der Waals surface area contributed by atoms with Crippen LogP contribution in [0.5, 0.6) is 0 Å². The minimum Gasteiger partial charge on any atom is -0.478 e. The van der Waals surface area contributed by atoms with E-state index in [0.29, 0.717) is 6.42 Å². The van der Waals surface area contributed by atoms with Gasteiger partial charge in [0.25, 0.3) is 0 Å². The van der Waals surface area contributed by atoms with Crippen molar-refractivity contribution in [1.82, 2.24) is 15.1 Å². The Kier molecular flexibility index (Phi) is 8.67. The number of carboxylic acids is 1. The first-order valence-corrected chi connectivity index (χ1v) is 10.1. The van der Waals surface area contributed by atoms with Crippen molar-refractivity contribution in [3.8, 4) is 0 Å². The number of likely N-dealkylation sites (tertiary alicyclic amines) is 1. The number of hydrogen-bond donors (Lipinski definition) is 2. The highest BCUT2D eigenvalue weighted by atomic mass is 16.4. The minimum atomic E-state index is -1.000. The van der Waals surface area contributed by atoms with Crippen LogP contribution >= 0.6 is 0 Å². The lowest BCUT2D eigenvalue weighted by molar-refractivity contribution is -0.141. The number of carboxylic acid groups (broad SMARTS) is 1. The SMILES string of the molecule is CC[C@@H](C=C(C)C(=O)O)N(C)C(=O)[C@@H](NC(=O)[C@H]1CCCCN1C)C(C)(C)C. The quantitative estimate of drug-likeness (QED) is 0.646. The summed E-state index contributed by atoms with van der Waals surface area (Å²) in [7, 11) is 3.61. The highest BCUT2D eigenvalue weighted by Crippen LogP contribution is 2.24. The average molecular weight is 396 g/mol. The number of nitrogens with zero attached hydrogens (tertiary/aromatic N) is 2. The second-order valence-electron chi connectivity index (χ2n) is 8.88. The van der Waals surface area contributed by atoms with Crippen LogP contribution in [0.2, 0.25) is 0 Å². The lowest BCUT2D eigenvalue weighted by Crippen LogP contribution is -2.59. The number of piperidine rings is 1. The molecule has 7 heteroatoms. The summed E-state index contributed by atoms with van der Waals surface area (Å²) in [5.41, 5.74) is -0.273. The zero-order chi connectivity index (χ0) is 21.6. The van der Waals surface area contributed by atoms with E-state index in [2.05, 4.69) is 5.32 Å². The van der Waals surface area contributed by atoms with Crippen LogP contribution in [0.25, 0.3) is 0 Å². The summed E-state index contributed by atoms with van der Waals surface area (Å²) in [4.78, 5) is 40.9. The molecule has 1 aliphatic heterocycles. The monoisotopic (exact) mass is 395 g/mol. The zero-order valence-corrected chi connectivity index (χ0v) is 18.4. The van der Waals surface area contributed by atoms with E-state index < -0.39 is 17.4 Å². The molecule has 160 valence electrons. The van der Waals surface area contributed by atoms with Crippen LogP contribution in [-0.2, 0) is 14.4 Å². The van der Waals surface area contributed by atoms with Gasteiger partial charge in [0.15, 0.2) is 0 Å². The van der Waals surface area contributed by atoms with Crippen LogP contribution in [-0.4, -0.2) is 71.5 Å². The van der Waals surface area contributed by atoms with Crippen LogP contribution < -0.4 is 5.32 Å². The molecule has 0 saturated carbocycles. The molecule has 1 heterocycles. The van der Waals surface area contributed by atoms with E-state index in [4.69, 9.17) is 5.11 Å². The standard InChI is InChI=1S/C21H37N3O4/c1-8-15(13-14(2)20(27)28)24(7)19(26)17(21(3,4)5)22-18(25)16-11-9-10-12-23(16)6/h13,15-17H,8-12H2,1-7H3,(H,22,25)(H,27,28)/t15-,16+,17+/m0/s1. The predicted octanol–water partition coefficient (Wildman–Crippen LogP) is 2.27. The molecule has 0 aromatic heterocycles. The molecule has 0 spiro atoms. The molecule has 1 rings (SSSR count). The highest BCUT2D eigenvalue weighted by molar-refractivity contribution is 5.91. The molecule has 0 aromatic carbocycles. The van der Waals surface area contributed by atoms with Gasteiger partial charge in [0, 0.05) is 12.6 Å². The summed E-state index contributed by atoms with van der Waals surface area (Å²) < 4.78 is 0. The summed E-state index contributed by atoms with van der Waals surface area (Å²) in [5, 5.41) is 12.1. The van der Waals surface area contributed by atoms with Crippen molar-refractivity contribution >= 4 is 17.8 Å². The third-order valence-electron chi connectivity index (χ3n) is 5.52. The van der Waals surface area contributed by atoms with E-state index in [-0.39, 0.29) is 29.5 Å². The van der Waals surface area contributed by atoms with Crippen molar-refractivity contribution in [2.75, 3.05) is 20.6 Å². The van der Waals surface area contributed by atoms with Gasteiger partial charge in [-0.3, -0.25) is 14.5 Å². The van der Waals surface area contributed by atoms with E-state index in [0.717, 1.165) is 25.8 Å². The van der Waals surface area contributed by atoms with Gasteiger partial charge in [0.2, 0.25) is 11.8 Å². The fraction of sp³-hybridized carbons (Fsp3) is 0.762. The fourth-order valence-corrected chi connectivity index (χ4v) is 3.52. The second-order valence-corrected chi connectivity index (χ2v) is 8.88. The van der Waals surface area contributed by atoms with Gasteiger partial charge in [-0.2, -0.15) is 0 Å². The molecule has 1 saturated heterocycles. The molecule has 1 fully saturated rings. The maximum Gasteiger partial charge on any atom is 0.331 e. The lowest BCUT2D eigenvalue weighted by Gasteiger charge is -2.38. The summed E-state index contributed by atoms with van der Waals surface area (Å²) in [6.07, 6.45) is 5.06. The molecule has 2 amide bonds. The van der Waals surface area contributed by atoms with E-state index in [1.807, 2.05) is 39.6 Å². The number of hydrogen-bond acceptors (Lipinski definition) is 4. The molecule has 0 bridgehead atoms. The highest BCUT2D eigenvalue weighted by Gasteiger charge is 2.38. The van der Waals surface area contributed by atoms with Crippen molar-refractivity contribution in [2.45, 2.75) is 78.4 Å². The van der Waals surface area contributed by atoms with Crippen molar-refractivity contribution in [1.29, 1.82) is 0 Å². The summed E-state index contributed by atoms with van der Waals surface area (Å²) in [5.74, 6) is -1.32. The molecule has 28 heavy (non-hydrogen) atoms. The van der Waals surface area contributed by atoms with Gasteiger partial charge < -0.3 is 15.3 Å². The van der Waals surface area contributed by atoms with Gasteiger partial charge >= 0.3 is 5.97 Å². The largest absolute Gasteiger partial charge is 0.478 e. The first-order valence-electron chi connectivity index (χ1n) is 10.1. The van der Waals surface area contributed by atoms with E-state index in [1.165, 1.54) is 6.92 Å². The van der Waals surface area contributed by atoms with Gasteiger partial charge in [-0.25, -0.2) is 4.79 Å². The van der Waals surface area contributed by atoms with E-state index in [9.17, 15) is 14.4 Å². The number of aliphatic carboxylic acids is 1. The van der Waals surface area contributed by atoms with E-state index >= 15 is 0 Å². The number of amides is 2. The Hall–Kier alpha value is -1.89. The number of likely N-dealkylation sites (N-methyl/N-ethyl adjacent to an activating group) is 2. The van der Waals surface area contributed by atoms with Gasteiger partial charge in [-0.05, 0) is 45.2 Å². The number of rotatable bonds is 7. The van der Waals surface area contributed by atoms with Crippen LogP contribution in [0.3, 0.4) is 0 Å². The lowest BCUT2D eigenvalue weighted by atomic mass is 9.85. The maximum absolute atomic E-state index is 13.3. The minimum absolute atomic E-state index is 0.116. The molecule has 0 aliphatic carbocycles. The fourth-order valence-electron chi connectivity index (χ4n) is 3.52. The van der Waals surface area contributed by atoms with Crippen molar-refractivity contribution in [3.05, 3.63) is 11.6 Å². The Bertz CT molecular complexity index is 609. The smallest absolute Gasteiger partial charge is 0.331 e. The van der Waals surface area contributed by atoms with Crippen LogP contribution in [0.1, 0.15) is 60.3 Å². The van der Waals surface area contributed by atoms with Gasteiger partial charge in [-0.1, -0.05) is 40.2 Å². The Balaban J connectivity index is 3.02. The molecule has 0 aromatic rings. The predicted molar refractivity (Wildman–Crippen MR) is 110 cm³/mol. The first-order chi connectivity index (χ1) is 12.9. The summed E-state index contributed by atoms with van der Waals surface area (Å²) >= 11 is 0. The number of carbonyl (C=O) groups excluding carboxylic acids is 2. The van der Waals surface area contributed by atoms with Crippen LogP contribution in [0.15, 0.2) is 11.6 Å². The third-order valence-corrected chi connectivity index (χ3v) is 5.52. The molecule has 1 aliphatic rings. The summed E-state index contributed by atoms with van der Waals surface area (Å²) in [6, 6.07) is -1.25. The topological polar surface area (TPSA) is 90.0 Å². The van der Waals surface area contributed by atoms with Gasteiger partial charge in [0.05, 0.1) is 12.1 Å². The molecule has 0 unspecified atom stereocenters. The van der Waals surface area contributed by atoms with E-state index in [1.54, 1.807) is 18.0 Å². The van der Waals surface area contributed by atoms with Crippen molar-refractivity contribution in [2.24, 2.45) is 5.41 Å². The average Bonchev–Trinajstić information content (AvgIpc) is 2.61. The van der Waals surface area contributed by atoms with Crippen LogP contribution in [0, 0.1) is 5.41 Å². The molecular weight excluding hydrogens is 358 g/mol. The number of carbonyl (C=O) groups is 3. The molecule has 0 radical (unpaired) electrons. The molecule has 2 N–H and O–H groups in total. The Morgan fingerprint density at radius 2 is 1.89 bits per heavy atom. The van der Waals surface area contributed by atoms with Crippen molar-refractivity contribution in [3.63, 3.8) is 0 Å². The van der Waals surface area contributed by atoms with Gasteiger partial charge in [0.1, 0.15) is 6.04 Å². The molecular formula is C21H37N3O4. The normalized spacial score (nSPS) is 21.0. The first kappa shape index (κ1) is 24.1. The Morgan fingerprint density at radius 3 is 2.36 bits per heavy atom. The Labute approximate surface area is 169 Å². The zero-order valence-electron chi connectivity index (χ0n) is 18.4. The Morgan fingerprint density at radius 1 is 1.29 bits per heavy atom. The molecule has 3 atom stereocenters. The second kappa shape index (κ2) is 10.0. The maximum atomic E-state index is 13.3.